The van der Waals surface area contributed by atoms with Gasteiger partial charge in [0.25, 0.3) is 0 Å². The van der Waals surface area contributed by atoms with Gasteiger partial charge in [-0.05, 0) is 22.4 Å². The summed E-state index contributed by atoms with van der Waals surface area (Å²) in [5, 5.41) is 10.4. The lowest BCUT2D eigenvalue weighted by atomic mass is 10.3. The Kier molecular flexibility index (Phi) is 2.81. The quantitative estimate of drug-likeness (QED) is 0.669. The number of anilines is 2. The molecule has 0 atom stereocenters. The summed E-state index contributed by atoms with van der Waals surface area (Å²) in [6.07, 6.45) is 1.62. The van der Waals surface area contributed by atoms with E-state index in [1.807, 2.05) is 0 Å². The van der Waals surface area contributed by atoms with Crippen molar-refractivity contribution in [3.05, 3.63) is 28.7 Å². The standard InChI is InChI=1S/C11H12N6S/c1-12-11-16-9(8-10(17-11)15-6-14-8)13-4-7-2-3-18-5-7/h2-3,5-6H,4H2,1H3,(H3,12,13,14,15,16,17). The van der Waals surface area contributed by atoms with Gasteiger partial charge in [0.15, 0.2) is 11.5 Å². The molecule has 0 radical (unpaired) electrons. The van der Waals surface area contributed by atoms with E-state index in [-0.39, 0.29) is 0 Å². The van der Waals surface area contributed by atoms with Crippen molar-refractivity contribution < 1.29 is 0 Å². The van der Waals surface area contributed by atoms with E-state index in [0.29, 0.717) is 11.6 Å². The molecule has 0 saturated carbocycles. The van der Waals surface area contributed by atoms with Crippen LogP contribution in [0.2, 0.25) is 0 Å². The third-order valence-electron chi connectivity index (χ3n) is 2.55. The van der Waals surface area contributed by atoms with Crippen LogP contribution in [-0.4, -0.2) is 27.0 Å². The van der Waals surface area contributed by atoms with Crippen molar-refractivity contribution in [3.8, 4) is 0 Å². The minimum absolute atomic E-state index is 0.558. The van der Waals surface area contributed by atoms with Crippen molar-refractivity contribution in [2.75, 3.05) is 17.7 Å². The highest BCUT2D eigenvalue weighted by Crippen LogP contribution is 2.19. The van der Waals surface area contributed by atoms with Gasteiger partial charge in [0.2, 0.25) is 5.95 Å². The Labute approximate surface area is 108 Å². The molecule has 3 heterocycles. The fourth-order valence-corrected chi connectivity index (χ4v) is 2.32. The van der Waals surface area contributed by atoms with Gasteiger partial charge in [-0.25, -0.2) is 4.98 Å². The summed E-state index contributed by atoms with van der Waals surface area (Å²) in [5.74, 6) is 1.32. The molecule has 0 aromatic carbocycles. The second kappa shape index (κ2) is 4.61. The number of nitrogens with zero attached hydrogens (tertiary/aromatic N) is 3. The lowest BCUT2D eigenvalue weighted by molar-refractivity contribution is 1.10. The molecule has 6 nitrogen and oxygen atoms in total. The number of imidazole rings is 1. The van der Waals surface area contributed by atoms with Crippen LogP contribution >= 0.6 is 11.3 Å². The minimum Gasteiger partial charge on any atom is -0.364 e. The monoisotopic (exact) mass is 260 g/mol. The van der Waals surface area contributed by atoms with Crippen LogP contribution in [0.25, 0.3) is 11.2 Å². The summed E-state index contributed by atoms with van der Waals surface area (Å²) in [7, 11) is 1.79. The van der Waals surface area contributed by atoms with Gasteiger partial charge in [-0.3, -0.25) is 0 Å². The number of nitrogens with one attached hydrogen (secondary N) is 3. The van der Waals surface area contributed by atoms with E-state index in [1.165, 1.54) is 5.56 Å². The smallest absolute Gasteiger partial charge is 0.226 e. The molecule has 3 aromatic heterocycles. The topological polar surface area (TPSA) is 78.5 Å². The van der Waals surface area contributed by atoms with Crippen LogP contribution in [-0.2, 0) is 6.54 Å². The summed E-state index contributed by atoms with van der Waals surface area (Å²) in [5.41, 5.74) is 2.71. The molecule has 3 aromatic rings. The maximum absolute atomic E-state index is 4.39. The summed E-state index contributed by atoms with van der Waals surface area (Å²) < 4.78 is 0. The Morgan fingerprint density at radius 1 is 1.39 bits per heavy atom. The second-order valence-electron chi connectivity index (χ2n) is 3.73. The van der Waals surface area contributed by atoms with E-state index >= 15 is 0 Å². The molecule has 3 N–H and O–H groups in total. The molecule has 0 amide bonds. The number of aromatic amines is 1. The molecule has 18 heavy (non-hydrogen) atoms. The predicted octanol–water partition coefficient (Wildman–Crippen LogP) is 2.07. The second-order valence-corrected chi connectivity index (χ2v) is 4.51. The van der Waals surface area contributed by atoms with Crippen molar-refractivity contribution >= 4 is 34.3 Å². The molecule has 0 saturated heterocycles. The number of rotatable bonds is 4. The predicted molar refractivity (Wildman–Crippen MR) is 72.9 cm³/mol. The van der Waals surface area contributed by atoms with Crippen LogP contribution in [0.5, 0.6) is 0 Å². The lowest BCUT2D eigenvalue weighted by Gasteiger charge is -2.06. The summed E-state index contributed by atoms with van der Waals surface area (Å²) in [6.45, 7) is 0.734. The minimum atomic E-state index is 0.558. The first-order valence-electron chi connectivity index (χ1n) is 5.50. The first-order chi connectivity index (χ1) is 8.86. The van der Waals surface area contributed by atoms with Crippen molar-refractivity contribution in [1.29, 1.82) is 0 Å². The average Bonchev–Trinajstić information content (AvgIpc) is 3.06. The molecular weight excluding hydrogens is 248 g/mol. The molecular formula is C11H12N6S. The van der Waals surface area contributed by atoms with Crippen molar-refractivity contribution in [2.45, 2.75) is 6.54 Å². The molecule has 7 heteroatoms. The summed E-state index contributed by atoms with van der Waals surface area (Å²) in [4.78, 5) is 15.8. The normalized spacial score (nSPS) is 10.7. The number of fused-ring (bicyclic) bond motifs is 1. The van der Waals surface area contributed by atoms with Crippen molar-refractivity contribution in [2.24, 2.45) is 0 Å². The Hall–Kier alpha value is -2.15. The highest BCUT2D eigenvalue weighted by atomic mass is 32.1. The number of hydrogen-bond donors (Lipinski definition) is 3. The van der Waals surface area contributed by atoms with Crippen LogP contribution < -0.4 is 10.6 Å². The van der Waals surface area contributed by atoms with E-state index in [0.717, 1.165) is 17.9 Å². The van der Waals surface area contributed by atoms with Gasteiger partial charge >= 0.3 is 0 Å². The van der Waals surface area contributed by atoms with Gasteiger partial charge < -0.3 is 15.6 Å². The first-order valence-corrected chi connectivity index (χ1v) is 6.45. The van der Waals surface area contributed by atoms with E-state index in [1.54, 1.807) is 24.7 Å². The summed E-state index contributed by atoms with van der Waals surface area (Å²) >= 11 is 1.68. The fraction of sp³-hybridized carbons (Fsp3) is 0.182. The largest absolute Gasteiger partial charge is 0.364 e. The van der Waals surface area contributed by atoms with Crippen LogP contribution in [0.15, 0.2) is 23.2 Å². The van der Waals surface area contributed by atoms with Crippen molar-refractivity contribution in [1.82, 2.24) is 19.9 Å². The molecule has 0 bridgehead atoms. The molecule has 3 rings (SSSR count). The number of thiophene rings is 1. The third kappa shape index (κ3) is 2.00. The first kappa shape index (κ1) is 11.0. The van der Waals surface area contributed by atoms with Gasteiger partial charge in [-0.15, -0.1) is 0 Å². The summed E-state index contributed by atoms with van der Waals surface area (Å²) in [6, 6.07) is 2.09. The van der Waals surface area contributed by atoms with Gasteiger partial charge in [-0.1, -0.05) is 0 Å². The molecule has 92 valence electrons. The molecule has 0 aliphatic carbocycles. The van der Waals surface area contributed by atoms with E-state index < -0.39 is 0 Å². The lowest BCUT2D eigenvalue weighted by Crippen LogP contribution is -2.05. The van der Waals surface area contributed by atoms with Crippen molar-refractivity contribution in [3.63, 3.8) is 0 Å². The number of H-pyrrole nitrogens is 1. The number of hydrogen-bond acceptors (Lipinski definition) is 6. The Morgan fingerprint density at radius 3 is 3.11 bits per heavy atom. The van der Waals surface area contributed by atoms with E-state index in [4.69, 9.17) is 0 Å². The zero-order valence-corrected chi connectivity index (χ0v) is 10.6. The van der Waals surface area contributed by atoms with Crippen LogP contribution in [0.3, 0.4) is 0 Å². The van der Waals surface area contributed by atoms with Gasteiger partial charge in [0, 0.05) is 13.6 Å². The SMILES string of the molecule is CNc1nc(NCc2ccsc2)c2[nH]cnc2n1. The molecule has 0 unspecified atom stereocenters. The molecule has 0 fully saturated rings. The van der Waals surface area contributed by atoms with Crippen LogP contribution in [0, 0.1) is 0 Å². The Balaban J connectivity index is 1.92. The average molecular weight is 260 g/mol. The van der Waals surface area contributed by atoms with Crippen LogP contribution in [0.1, 0.15) is 5.56 Å². The highest BCUT2D eigenvalue weighted by Gasteiger charge is 2.08. The highest BCUT2D eigenvalue weighted by molar-refractivity contribution is 7.07. The van der Waals surface area contributed by atoms with Gasteiger partial charge in [-0.2, -0.15) is 21.3 Å². The Bertz CT molecular complexity index is 645. The number of aromatic nitrogens is 4. The maximum Gasteiger partial charge on any atom is 0.226 e. The maximum atomic E-state index is 4.39. The fourth-order valence-electron chi connectivity index (χ4n) is 1.65. The van der Waals surface area contributed by atoms with Gasteiger partial charge in [0.1, 0.15) is 5.52 Å². The Morgan fingerprint density at radius 2 is 2.33 bits per heavy atom. The molecule has 0 spiro atoms. The molecule has 0 aliphatic heterocycles. The zero-order valence-electron chi connectivity index (χ0n) is 9.77. The third-order valence-corrected chi connectivity index (χ3v) is 3.28. The van der Waals surface area contributed by atoms with Crippen LogP contribution in [0.4, 0.5) is 11.8 Å². The van der Waals surface area contributed by atoms with E-state index in [2.05, 4.69) is 47.4 Å². The van der Waals surface area contributed by atoms with E-state index in [9.17, 15) is 0 Å². The zero-order chi connectivity index (χ0) is 12.4. The molecule has 0 aliphatic rings. The van der Waals surface area contributed by atoms with Gasteiger partial charge in [0.05, 0.1) is 6.33 Å².